The number of nitrogens with zero attached hydrogens (tertiary/aromatic N) is 1. The largest absolute Gasteiger partial charge is 0.329 e. The molecule has 0 aliphatic heterocycles. The minimum atomic E-state index is 0.275. The summed E-state index contributed by atoms with van der Waals surface area (Å²) in [4.78, 5) is 2.46. The topological polar surface area (TPSA) is 29.3 Å². The lowest BCUT2D eigenvalue weighted by atomic mass is 9.86. The van der Waals surface area contributed by atoms with Crippen molar-refractivity contribution in [2.45, 2.75) is 44.7 Å². The Kier molecular flexibility index (Phi) is 5.26. The predicted octanol–water partition coefficient (Wildman–Crippen LogP) is 3.85. The van der Waals surface area contributed by atoms with Crippen LogP contribution in [-0.2, 0) is 0 Å². The summed E-state index contributed by atoms with van der Waals surface area (Å²) in [6, 6.07) is 9.03. The van der Waals surface area contributed by atoms with Crippen LogP contribution in [0.15, 0.2) is 24.3 Å². The van der Waals surface area contributed by atoms with Gasteiger partial charge < -0.3 is 5.73 Å². The van der Waals surface area contributed by atoms with Crippen LogP contribution in [0.4, 0.5) is 0 Å². The van der Waals surface area contributed by atoms with Crippen molar-refractivity contribution in [3.8, 4) is 0 Å². The van der Waals surface area contributed by atoms with Crippen LogP contribution in [0.25, 0.3) is 0 Å². The normalized spacial score (nSPS) is 25.5. The Morgan fingerprint density at radius 2 is 2.00 bits per heavy atom. The standard InChI is InChI=1S/C16H25ClN2/c1-12-6-8-15(9-7-12)19(2)16(11-18)13-4-3-5-14(17)10-13/h3-5,10,12,15-16H,6-9,11,18H2,1-2H3. The van der Waals surface area contributed by atoms with Gasteiger partial charge in [-0.3, -0.25) is 4.90 Å². The molecule has 1 atom stereocenters. The van der Waals surface area contributed by atoms with Crippen LogP contribution < -0.4 is 5.73 Å². The van der Waals surface area contributed by atoms with Crippen LogP contribution in [0.5, 0.6) is 0 Å². The number of benzene rings is 1. The number of likely N-dealkylation sites (N-methyl/N-ethyl adjacent to an activating group) is 1. The van der Waals surface area contributed by atoms with E-state index in [0.717, 1.165) is 10.9 Å². The maximum Gasteiger partial charge on any atom is 0.0470 e. The molecular weight excluding hydrogens is 256 g/mol. The first-order valence-electron chi connectivity index (χ1n) is 7.29. The van der Waals surface area contributed by atoms with Crippen molar-refractivity contribution in [3.63, 3.8) is 0 Å². The van der Waals surface area contributed by atoms with Crippen molar-refractivity contribution in [3.05, 3.63) is 34.9 Å². The molecule has 1 aliphatic rings. The third-order valence-corrected chi connectivity index (χ3v) is 4.74. The Morgan fingerprint density at radius 1 is 1.32 bits per heavy atom. The molecule has 0 amide bonds. The molecule has 0 spiro atoms. The highest BCUT2D eigenvalue weighted by Gasteiger charge is 2.26. The molecule has 2 nitrogen and oxygen atoms in total. The Labute approximate surface area is 121 Å². The average molecular weight is 281 g/mol. The second-order valence-corrected chi connectivity index (χ2v) is 6.32. The number of hydrogen-bond donors (Lipinski definition) is 1. The van der Waals surface area contributed by atoms with Crippen LogP contribution in [0.1, 0.15) is 44.2 Å². The summed E-state index contributed by atoms with van der Waals surface area (Å²) >= 11 is 6.10. The number of halogens is 1. The highest BCUT2D eigenvalue weighted by Crippen LogP contribution is 2.31. The molecule has 2 rings (SSSR count). The summed E-state index contributed by atoms with van der Waals surface area (Å²) in [5.74, 6) is 0.882. The molecule has 19 heavy (non-hydrogen) atoms. The van der Waals surface area contributed by atoms with E-state index in [-0.39, 0.29) is 6.04 Å². The highest BCUT2D eigenvalue weighted by molar-refractivity contribution is 6.30. The van der Waals surface area contributed by atoms with Crippen LogP contribution in [0.2, 0.25) is 5.02 Å². The SMILES string of the molecule is CC1CCC(N(C)C(CN)c2cccc(Cl)c2)CC1. The monoisotopic (exact) mass is 280 g/mol. The van der Waals surface area contributed by atoms with Crippen LogP contribution in [0.3, 0.4) is 0 Å². The van der Waals surface area contributed by atoms with Gasteiger partial charge in [-0.05, 0) is 56.3 Å². The van der Waals surface area contributed by atoms with E-state index < -0.39 is 0 Å². The van der Waals surface area contributed by atoms with E-state index in [1.165, 1.54) is 31.2 Å². The summed E-state index contributed by atoms with van der Waals surface area (Å²) in [6.45, 7) is 3.00. The Bertz CT molecular complexity index is 399. The molecule has 0 radical (unpaired) electrons. The van der Waals surface area contributed by atoms with Crippen molar-refractivity contribution in [2.75, 3.05) is 13.6 Å². The molecule has 1 aliphatic carbocycles. The molecule has 1 aromatic rings. The van der Waals surface area contributed by atoms with Gasteiger partial charge in [0.05, 0.1) is 0 Å². The molecule has 1 unspecified atom stereocenters. The van der Waals surface area contributed by atoms with Crippen molar-refractivity contribution >= 4 is 11.6 Å². The highest BCUT2D eigenvalue weighted by atomic mass is 35.5. The molecule has 0 bridgehead atoms. The molecule has 106 valence electrons. The summed E-state index contributed by atoms with van der Waals surface area (Å²) < 4.78 is 0. The number of rotatable bonds is 4. The van der Waals surface area contributed by atoms with E-state index in [0.29, 0.717) is 12.6 Å². The predicted molar refractivity (Wildman–Crippen MR) is 82.4 cm³/mol. The second kappa shape index (κ2) is 6.74. The van der Waals surface area contributed by atoms with Crippen LogP contribution in [0, 0.1) is 5.92 Å². The fourth-order valence-corrected chi connectivity index (χ4v) is 3.35. The summed E-state index contributed by atoms with van der Waals surface area (Å²) in [5, 5.41) is 0.793. The van der Waals surface area contributed by atoms with Gasteiger partial charge in [-0.15, -0.1) is 0 Å². The Morgan fingerprint density at radius 3 is 2.58 bits per heavy atom. The number of hydrogen-bond acceptors (Lipinski definition) is 2. The van der Waals surface area contributed by atoms with E-state index in [4.69, 9.17) is 17.3 Å². The molecular formula is C16H25ClN2. The first kappa shape index (κ1) is 14.8. The molecule has 0 aromatic heterocycles. The van der Waals surface area contributed by atoms with E-state index in [9.17, 15) is 0 Å². The maximum atomic E-state index is 6.10. The lowest BCUT2D eigenvalue weighted by Crippen LogP contribution is -2.40. The number of nitrogens with two attached hydrogens (primary N) is 1. The first-order chi connectivity index (χ1) is 9.11. The molecule has 0 saturated heterocycles. The Balaban J connectivity index is 2.08. The van der Waals surface area contributed by atoms with Crippen molar-refractivity contribution < 1.29 is 0 Å². The van der Waals surface area contributed by atoms with Crippen LogP contribution in [-0.4, -0.2) is 24.5 Å². The summed E-state index contributed by atoms with van der Waals surface area (Å²) in [6.07, 6.45) is 5.24. The summed E-state index contributed by atoms with van der Waals surface area (Å²) in [7, 11) is 2.21. The second-order valence-electron chi connectivity index (χ2n) is 5.89. The minimum absolute atomic E-state index is 0.275. The first-order valence-corrected chi connectivity index (χ1v) is 7.67. The zero-order chi connectivity index (χ0) is 13.8. The third kappa shape index (κ3) is 3.71. The van der Waals surface area contributed by atoms with Gasteiger partial charge in [-0.25, -0.2) is 0 Å². The van der Waals surface area contributed by atoms with E-state index in [1.807, 2.05) is 18.2 Å². The lowest BCUT2D eigenvalue weighted by Gasteiger charge is -2.38. The van der Waals surface area contributed by atoms with Gasteiger partial charge in [-0.1, -0.05) is 30.7 Å². The van der Waals surface area contributed by atoms with Crippen molar-refractivity contribution in [1.29, 1.82) is 0 Å². The fraction of sp³-hybridized carbons (Fsp3) is 0.625. The zero-order valence-corrected chi connectivity index (χ0v) is 12.7. The Hall–Kier alpha value is -0.570. The van der Waals surface area contributed by atoms with Gasteiger partial charge in [-0.2, -0.15) is 0 Å². The molecule has 1 fully saturated rings. The van der Waals surface area contributed by atoms with Crippen LogP contribution >= 0.6 is 11.6 Å². The minimum Gasteiger partial charge on any atom is -0.329 e. The zero-order valence-electron chi connectivity index (χ0n) is 12.0. The van der Waals surface area contributed by atoms with Gasteiger partial charge in [0, 0.05) is 23.7 Å². The smallest absolute Gasteiger partial charge is 0.0470 e. The summed E-state index contributed by atoms with van der Waals surface area (Å²) in [5.41, 5.74) is 7.24. The quantitative estimate of drug-likeness (QED) is 0.908. The molecule has 2 N–H and O–H groups in total. The lowest BCUT2D eigenvalue weighted by molar-refractivity contribution is 0.126. The maximum absolute atomic E-state index is 6.10. The van der Waals surface area contributed by atoms with Gasteiger partial charge in [0.1, 0.15) is 0 Å². The van der Waals surface area contributed by atoms with Crippen molar-refractivity contribution in [2.24, 2.45) is 11.7 Å². The van der Waals surface area contributed by atoms with Gasteiger partial charge in [0.25, 0.3) is 0 Å². The van der Waals surface area contributed by atoms with Gasteiger partial charge >= 0.3 is 0 Å². The van der Waals surface area contributed by atoms with Gasteiger partial charge in [0.15, 0.2) is 0 Å². The third-order valence-electron chi connectivity index (χ3n) is 4.51. The van der Waals surface area contributed by atoms with Gasteiger partial charge in [0.2, 0.25) is 0 Å². The van der Waals surface area contributed by atoms with E-state index in [1.54, 1.807) is 0 Å². The fourth-order valence-electron chi connectivity index (χ4n) is 3.16. The van der Waals surface area contributed by atoms with E-state index >= 15 is 0 Å². The average Bonchev–Trinajstić information content (AvgIpc) is 2.40. The van der Waals surface area contributed by atoms with Crippen molar-refractivity contribution in [1.82, 2.24) is 4.90 Å². The van der Waals surface area contributed by atoms with E-state index in [2.05, 4.69) is 24.9 Å². The molecule has 0 heterocycles. The molecule has 3 heteroatoms. The molecule has 1 saturated carbocycles. The molecule has 1 aromatic carbocycles.